The Morgan fingerprint density at radius 2 is 1.75 bits per heavy atom. The monoisotopic (exact) mass is 437 g/mol. The molecule has 32 heavy (non-hydrogen) atoms. The number of hydrogen-bond donors (Lipinski definition) is 1. The molecule has 0 radical (unpaired) electrons. The minimum absolute atomic E-state index is 0.185. The van der Waals surface area contributed by atoms with Gasteiger partial charge in [0.25, 0.3) is 0 Å². The van der Waals surface area contributed by atoms with Crippen molar-refractivity contribution in [2.24, 2.45) is 17.6 Å². The minimum atomic E-state index is -0.201. The SMILES string of the molecule is COCCCO[C@@H](c1ccccc1)c1cccc(C(=O)C[C@H](CN)CC2CCCCC2)c1. The van der Waals surface area contributed by atoms with E-state index in [9.17, 15) is 4.79 Å². The van der Waals surface area contributed by atoms with E-state index in [0.717, 1.165) is 35.4 Å². The van der Waals surface area contributed by atoms with Gasteiger partial charge in [0, 0.05) is 25.7 Å². The van der Waals surface area contributed by atoms with Crippen molar-refractivity contribution in [1.29, 1.82) is 0 Å². The molecule has 1 aliphatic carbocycles. The number of benzene rings is 2. The Morgan fingerprint density at radius 3 is 2.47 bits per heavy atom. The van der Waals surface area contributed by atoms with E-state index in [0.29, 0.717) is 26.2 Å². The molecule has 0 aromatic heterocycles. The maximum Gasteiger partial charge on any atom is 0.163 e. The fraction of sp³-hybridized carbons (Fsp3) is 0.536. The van der Waals surface area contributed by atoms with E-state index in [1.807, 2.05) is 42.5 Å². The van der Waals surface area contributed by atoms with Gasteiger partial charge in [0.05, 0.1) is 6.61 Å². The summed E-state index contributed by atoms with van der Waals surface area (Å²) in [5.74, 6) is 1.19. The van der Waals surface area contributed by atoms with Gasteiger partial charge in [-0.05, 0) is 48.4 Å². The number of hydrogen-bond acceptors (Lipinski definition) is 4. The van der Waals surface area contributed by atoms with Crippen molar-refractivity contribution in [2.75, 3.05) is 26.9 Å². The molecule has 1 fully saturated rings. The van der Waals surface area contributed by atoms with Gasteiger partial charge in [-0.3, -0.25) is 4.79 Å². The molecule has 4 heteroatoms. The maximum absolute atomic E-state index is 13.2. The molecule has 2 atom stereocenters. The highest BCUT2D eigenvalue weighted by Gasteiger charge is 2.22. The van der Waals surface area contributed by atoms with Crippen LogP contribution in [-0.4, -0.2) is 32.7 Å². The molecule has 1 aliphatic rings. The second-order valence-corrected chi connectivity index (χ2v) is 9.10. The number of Topliss-reactive ketones (excluding diaryl/α,β-unsaturated/α-hetero) is 1. The molecule has 0 heterocycles. The van der Waals surface area contributed by atoms with Crippen LogP contribution in [0.25, 0.3) is 0 Å². The number of carbonyl (C=O) groups excluding carboxylic acids is 1. The zero-order valence-corrected chi connectivity index (χ0v) is 19.5. The first-order valence-corrected chi connectivity index (χ1v) is 12.2. The average Bonchev–Trinajstić information content (AvgIpc) is 2.85. The molecule has 174 valence electrons. The van der Waals surface area contributed by atoms with Crippen LogP contribution in [-0.2, 0) is 9.47 Å². The van der Waals surface area contributed by atoms with Crippen molar-refractivity contribution in [2.45, 2.75) is 57.5 Å². The Morgan fingerprint density at radius 1 is 1.00 bits per heavy atom. The van der Waals surface area contributed by atoms with Crippen molar-refractivity contribution >= 4 is 5.78 Å². The summed E-state index contributed by atoms with van der Waals surface area (Å²) in [7, 11) is 1.70. The largest absolute Gasteiger partial charge is 0.385 e. The number of ketones is 1. The quantitative estimate of drug-likeness (QED) is 0.311. The summed E-state index contributed by atoms with van der Waals surface area (Å²) in [5, 5.41) is 0. The first-order chi connectivity index (χ1) is 15.7. The maximum atomic E-state index is 13.2. The van der Waals surface area contributed by atoms with Crippen molar-refractivity contribution in [3.63, 3.8) is 0 Å². The third kappa shape index (κ3) is 7.54. The van der Waals surface area contributed by atoms with Crippen LogP contribution in [0.15, 0.2) is 54.6 Å². The molecule has 0 aliphatic heterocycles. The first kappa shape index (κ1) is 24.6. The lowest BCUT2D eigenvalue weighted by atomic mass is 9.81. The summed E-state index contributed by atoms with van der Waals surface area (Å²) in [6.45, 7) is 1.85. The van der Waals surface area contributed by atoms with Gasteiger partial charge in [-0.1, -0.05) is 80.6 Å². The summed E-state index contributed by atoms with van der Waals surface area (Å²) < 4.78 is 11.4. The summed E-state index contributed by atoms with van der Waals surface area (Å²) in [4.78, 5) is 13.2. The van der Waals surface area contributed by atoms with Gasteiger partial charge in [-0.25, -0.2) is 0 Å². The number of rotatable bonds is 13. The third-order valence-corrected chi connectivity index (χ3v) is 6.59. The van der Waals surface area contributed by atoms with Crippen LogP contribution in [0, 0.1) is 11.8 Å². The van der Waals surface area contributed by atoms with Gasteiger partial charge >= 0.3 is 0 Å². The molecule has 3 rings (SSSR count). The molecule has 2 aromatic carbocycles. The van der Waals surface area contributed by atoms with Crippen LogP contribution < -0.4 is 5.73 Å². The van der Waals surface area contributed by atoms with E-state index in [-0.39, 0.29) is 17.8 Å². The van der Waals surface area contributed by atoms with Crippen molar-refractivity contribution in [1.82, 2.24) is 0 Å². The van der Waals surface area contributed by atoms with Gasteiger partial charge in [0.2, 0.25) is 0 Å². The van der Waals surface area contributed by atoms with Crippen LogP contribution >= 0.6 is 0 Å². The van der Waals surface area contributed by atoms with Crippen LogP contribution in [0.5, 0.6) is 0 Å². The lowest BCUT2D eigenvalue weighted by molar-refractivity contribution is 0.0617. The topological polar surface area (TPSA) is 61.5 Å². The Balaban J connectivity index is 1.69. The Hall–Kier alpha value is -2.01. The molecule has 0 spiro atoms. The molecule has 2 aromatic rings. The third-order valence-electron chi connectivity index (χ3n) is 6.59. The van der Waals surface area contributed by atoms with E-state index in [2.05, 4.69) is 12.1 Å². The minimum Gasteiger partial charge on any atom is -0.385 e. The van der Waals surface area contributed by atoms with Crippen LogP contribution in [0.3, 0.4) is 0 Å². The standard InChI is InChI=1S/C28H39NO3/c1-31-16-9-17-32-28(24-12-6-3-7-13-24)26-15-8-14-25(20-26)27(30)19-23(21-29)18-22-10-4-2-5-11-22/h3,6-8,12-15,20,22-23,28H,2,4-5,9-11,16-19,21,29H2,1H3/t23-,28+/m1/s1. The molecule has 0 unspecified atom stereocenters. The molecule has 4 nitrogen and oxygen atoms in total. The summed E-state index contributed by atoms with van der Waals surface area (Å²) >= 11 is 0. The average molecular weight is 438 g/mol. The highest BCUT2D eigenvalue weighted by Crippen LogP contribution is 2.31. The van der Waals surface area contributed by atoms with Crippen LogP contribution in [0.4, 0.5) is 0 Å². The van der Waals surface area contributed by atoms with E-state index >= 15 is 0 Å². The number of nitrogens with two attached hydrogens (primary N) is 1. The Labute approximate surface area is 193 Å². The van der Waals surface area contributed by atoms with E-state index in [4.69, 9.17) is 15.2 Å². The highest BCUT2D eigenvalue weighted by molar-refractivity contribution is 5.96. The summed E-state index contributed by atoms with van der Waals surface area (Å²) in [5.41, 5.74) is 8.92. The molecule has 2 N–H and O–H groups in total. The molecule has 0 bridgehead atoms. The fourth-order valence-corrected chi connectivity index (χ4v) is 4.83. The molecular formula is C28H39NO3. The lowest BCUT2D eigenvalue weighted by Gasteiger charge is -2.25. The lowest BCUT2D eigenvalue weighted by Crippen LogP contribution is -2.22. The van der Waals surface area contributed by atoms with Gasteiger partial charge in [0.15, 0.2) is 5.78 Å². The zero-order chi connectivity index (χ0) is 22.6. The number of ether oxygens (including phenoxy) is 2. The van der Waals surface area contributed by atoms with E-state index in [1.54, 1.807) is 7.11 Å². The smallest absolute Gasteiger partial charge is 0.163 e. The Bertz CT molecular complexity index is 801. The summed E-state index contributed by atoms with van der Waals surface area (Å²) in [6.07, 6.45) is 8.82. The normalized spacial score (nSPS) is 16.6. The van der Waals surface area contributed by atoms with Crippen molar-refractivity contribution in [3.05, 3.63) is 71.3 Å². The van der Waals surface area contributed by atoms with Crippen LogP contribution in [0.1, 0.15) is 79.0 Å². The first-order valence-electron chi connectivity index (χ1n) is 12.2. The van der Waals surface area contributed by atoms with Gasteiger partial charge in [-0.15, -0.1) is 0 Å². The summed E-state index contributed by atoms with van der Waals surface area (Å²) in [6, 6.07) is 18.1. The molecule has 0 saturated heterocycles. The van der Waals surface area contributed by atoms with Gasteiger partial charge < -0.3 is 15.2 Å². The van der Waals surface area contributed by atoms with Gasteiger partial charge in [-0.2, -0.15) is 0 Å². The predicted molar refractivity (Wildman–Crippen MR) is 130 cm³/mol. The zero-order valence-electron chi connectivity index (χ0n) is 19.5. The highest BCUT2D eigenvalue weighted by atomic mass is 16.5. The Kier molecular flexibility index (Phi) is 10.4. The van der Waals surface area contributed by atoms with Crippen molar-refractivity contribution < 1.29 is 14.3 Å². The second-order valence-electron chi connectivity index (χ2n) is 9.10. The number of methoxy groups -OCH3 is 1. The molecular weight excluding hydrogens is 398 g/mol. The second kappa shape index (κ2) is 13.5. The van der Waals surface area contributed by atoms with E-state index in [1.165, 1.54) is 32.1 Å². The van der Waals surface area contributed by atoms with Crippen molar-refractivity contribution in [3.8, 4) is 0 Å². The predicted octanol–water partition coefficient (Wildman–Crippen LogP) is 5.95. The molecule has 1 saturated carbocycles. The molecule has 0 amide bonds. The van der Waals surface area contributed by atoms with Gasteiger partial charge in [0.1, 0.15) is 6.10 Å². The van der Waals surface area contributed by atoms with E-state index < -0.39 is 0 Å². The number of carbonyl (C=O) groups is 1. The van der Waals surface area contributed by atoms with Crippen LogP contribution in [0.2, 0.25) is 0 Å². The fourth-order valence-electron chi connectivity index (χ4n) is 4.83.